The summed E-state index contributed by atoms with van der Waals surface area (Å²) in [5.41, 5.74) is 2.18. The summed E-state index contributed by atoms with van der Waals surface area (Å²) in [6.45, 7) is 4.91. The molecule has 0 bridgehead atoms. The average molecular weight is 430 g/mol. The molecule has 0 radical (unpaired) electrons. The van der Waals surface area contributed by atoms with Crippen molar-refractivity contribution in [3.05, 3.63) is 102 Å². The van der Waals surface area contributed by atoms with E-state index in [4.69, 9.17) is 9.47 Å². The molecule has 0 spiro atoms. The van der Waals surface area contributed by atoms with Crippen LogP contribution in [0.4, 0.5) is 17.6 Å². The maximum absolute atomic E-state index is 14.1. The SMILES string of the molecule is C=C(C)c1ccc(C(COCc2ccc(F)c(Oc3ccccc3)c2)C(F)(F)F)cc1. The second kappa shape index (κ2) is 9.79. The minimum Gasteiger partial charge on any atom is -0.454 e. The van der Waals surface area contributed by atoms with Gasteiger partial charge < -0.3 is 9.47 Å². The fraction of sp³-hybridized carbons (Fsp3) is 0.200. The van der Waals surface area contributed by atoms with E-state index in [1.54, 1.807) is 49.4 Å². The van der Waals surface area contributed by atoms with Gasteiger partial charge in [-0.15, -0.1) is 0 Å². The van der Waals surface area contributed by atoms with Crippen molar-refractivity contribution in [3.8, 4) is 11.5 Å². The highest BCUT2D eigenvalue weighted by atomic mass is 19.4. The second-order valence-electron chi connectivity index (χ2n) is 7.19. The van der Waals surface area contributed by atoms with Crippen molar-refractivity contribution in [2.24, 2.45) is 0 Å². The van der Waals surface area contributed by atoms with Gasteiger partial charge in [0.05, 0.1) is 13.2 Å². The minimum absolute atomic E-state index is 0.0185. The lowest BCUT2D eigenvalue weighted by Gasteiger charge is -2.21. The fourth-order valence-corrected chi connectivity index (χ4v) is 3.01. The molecule has 2 nitrogen and oxygen atoms in total. The zero-order valence-corrected chi connectivity index (χ0v) is 17.0. The normalized spacial score (nSPS) is 12.4. The lowest BCUT2D eigenvalue weighted by molar-refractivity contribution is -0.163. The molecule has 0 amide bonds. The minimum atomic E-state index is -4.46. The standard InChI is InChI=1S/C25H22F4O2/c1-17(2)19-9-11-20(12-10-19)22(25(27,28)29)16-30-15-18-8-13-23(26)24(14-18)31-21-6-4-3-5-7-21/h3-14,22H,1,15-16H2,2H3. The largest absolute Gasteiger partial charge is 0.454 e. The van der Waals surface area contributed by atoms with Crippen molar-refractivity contribution < 1.29 is 27.0 Å². The fourth-order valence-electron chi connectivity index (χ4n) is 3.01. The maximum Gasteiger partial charge on any atom is 0.397 e. The van der Waals surface area contributed by atoms with Crippen LogP contribution in [0.15, 0.2) is 79.4 Å². The van der Waals surface area contributed by atoms with Crippen LogP contribution in [0.25, 0.3) is 5.57 Å². The van der Waals surface area contributed by atoms with E-state index in [1.807, 2.05) is 0 Å². The third kappa shape index (κ3) is 6.18. The number of ether oxygens (including phenoxy) is 2. The van der Waals surface area contributed by atoms with Crippen molar-refractivity contribution in [2.45, 2.75) is 25.6 Å². The van der Waals surface area contributed by atoms with Crippen molar-refractivity contribution in [1.29, 1.82) is 0 Å². The van der Waals surface area contributed by atoms with Crippen molar-refractivity contribution in [3.63, 3.8) is 0 Å². The molecular formula is C25H22F4O2. The highest BCUT2D eigenvalue weighted by Crippen LogP contribution is 2.36. The Hall–Kier alpha value is -3.12. The number of benzene rings is 3. The topological polar surface area (TPSA) is 18.5 Å². The number of hydrogen-bond donors (Lipinski definition) is 0. The molecule has 6 heteroatoms. The van der Waals surface area contributed by atoms with E-state index >= 15 is 0 Å². The molecule has 0 fully saturated rings. The van der Waals surface area contributed by atoms with Crippen molar-refractivity contribution in [2.75, 3.05) is 6.61 Å². The van der Waals surface area contributed by atoms with Crippen LogP contribution < -0.4 is 4.74 Å². The molecule has 0 saturated carbocycles. The number of allylic oxidation sites excluding steroid dienone is 1. The Kier molecular flexibility index (Phi) is 7.13. The van der Waals surface area contributed by atoms with Crippen LogP contribution in [0.5, 0.6) is 11.5 Å². The van der Waals surface area contributed by atoms with Crippen LogP contribution in [0.3, 0.4) is 0 Å². The van der Waals surface area contributed by atoms with E-state index in [0.717, 1.165) is 11.1 Å². The van der Waals surface area contributed by atoms with Crippen molar-refractivity contribution in [1.82, 2.24) is 0 Å². The molecule has 1 atom stereocenters. The van der Waals surface area contributed by atoms with Crippen LogP contribution in [0, 0.1) is 5.82 Å². The highest BCUT2D eigenvalue weighted by molar-refractivity contribution is 5.61. The lowest BCUT2D eigenvalue weighted by Crippen LogP contribution is -2.25. The summed E-state index contributed by atoms with van der Waals surface area (Å²) >= 11 is 0. The Morgan fingerprint density at radius 1 is 0.968 bits per heavy atom. The lowest BCUT2D eigenvalue weighted by atomic mass is 9.97. The Morgan fingerprint density at radius 3 is 2.26 bits per heavy atom. The van der Waals surface area contributed by atoms with Gasteiger partial charge in [-0.1, -0.05) is 60.7 Å². The van der Waals surface area contributed by atoms with Gasteiger partial charge >= 0.3 is 6.18 Å². The molecule has 31 heavy (non-hydrogen) atoms. The highest BCUT2D eigenvalue weighted by Gasteiger charge is 2.40. The number of hydrogen-bond acceptors (Lipinski definition) is 2. The zero-order valence-electron chi connectivity index (χ0n) is 17.0. The monoisotopic (exact) mass is 430 g/mol. The van der Waals surface area contributed by atoms with Gasteiger partial charge in [-0.3, -0.25) is 0 Å². The predicted molar refractivity (Wildman–Crippen MR) is 113 cm³/mol. The second-order valence-corrected chi connectivity index (χ2v) is 7.19. The number of halogens is 4. The smallest absolute Gasteiger partial charge is 0.397 e. The first-order valence-corrected chi connectivity index (χ1v) is 9.65. The zero-order chi connectivity index (χ0) is 22.4. The summed E-state index contributed by atoms with van der Waals surface area (Å²) in [5, 5.41) is 0. The summed E-state index contributed by atoms with van der Waals surface area (Å²) in [4.78, 5) is 0. The Labute approximate surface area is 178 Å². The summed E-state index contributed by atoms with van der Waals surface area (Å²) in [6, 6.07) is 18.8. The first-order valence-electron chi connectivity index (χ1n) is 9.65. The van der Waals surface area contributed by atoms with Gasteiger partial charge in [-0.05, 0) is 47.9 Å². The molecular weight excluding hydrogens is 408 g/mol. The molecule has 0 saturated heterocycles. The molecule has 0 heterocycles. The quantitative estimate of drug-likeness (QED) is 0.344. The van der Waals surface area contributed by atoms with E-state index in [9.17, 15) is 17.6 Å². The molecule has 0 aliphatic carbocycles. The van der Waals surface area contributed by atoms with Crippen LogP contribution in [-0.2, 0) is 11.3 Å². The molecule has 0 aliphatic rings. The van der Waals surface area contributed by atoms with Crippen molar-refractivity contribution >= 4 is 5.57 Å². The third-order valence-electron chi connectivity index (χ3n) is 4.72. The van der Waals surface area contributed by atoms with Gasteiger partial charge in [0, 0.05) is 0 Å². The Balaban J connectivity index is 1.68. The van der Waals surface area contributed by atoms with E-state index in [-0.39, 0.29) is 17.9 Å². The van der Waals surface area contributed by atoms with E-state index in [2.05, 4.69) is 6.58 Å². The molecule has 162 valence electrons. The van der Waals surface area contributed by atoms with Crippen LogP contribution in [-0.4, -0.2) is 12.8 Å². The van der Waals surface area contributed by atoms with Crippen LogP contribution in [0.2, 0.25) is 0 Å². The molecule has 3 aromatic rings. The van der Waals surface area contributed by atoms with E-state index < -0.39 is 24.5 Å². The summed E-state index contributed by atoms with van der Waals surface area (Å²) in [5.74, 6) is -1.91. The average Bonchev–Trinajstić information content (AvgIpc) is 2.73. The van der Waals surface area contributed by atoms with Gasteiger partial charge in [-0.2, -0.15) is 13.2 Å². The Bertz CT molecular complexity index is 1010. The molecule has 3 rings (SSSR count). The van der Waals surface area contributed by atoms with Gasteiger partial charge in [0.15, 0.2) is 11.6 Å². The predicted octanol–water partition coefficient (Wildman–Crippen LogP) is 7.51. The maximum atomic E-state index is 14.1. The van der Waals surface area contributed by atoms with Gasteiger partial charge in [0.25, 0.3) is 0 Å². The van der Waals surface area contributed by atoms with Crippen LogP contribution >= 0.6 is 0 Å². The molecule has 3 aromatic carbocycles. The van der Waals surface area contributed by atoms with E-state index in [0.29, 0.717) is 11.3 Å². The first kappa shape index (κ1) is 22.6. The first-order chi connectivity index (χ1) is 14.7. The molecule has 1 unspecified atom stereocenters. The third-order valence-corrected chi connectivity index (χ3v) is 4.72. The number of rotatable bonds is 8. The summed E-state index contributed by atoms with van der Waals surface area (Å²) in [7, 11) is 0. The Morgan fingerprint density at radius 2 is 1.65 bits per heavy atom. The van der Waals surface area contributed by atoms with E-state index in [1.165, 1.54) is 30.3 Å². The number of alkyl halides is 3. The summed E-state index contributed by atoms with van der Waals surface area (Å²) in [6.07, 6.45) is -4.46. The summed E-state index contributed by atoms with van der Waals surface area (Å²) < 4.78 is 65.7. The molecule has 0 aliphatic heterocycles. The van der Waals surface area contributed by atoms with Crippen LogP contribution in [0.1, 0.15) is 29.5 Å². The number of para-hydroxylation sites is 1. The van der Waals surface area contributed by atoms with Gasteiger partial charge in [-0.25, -0.2) is 4.39 Å². The molecule has 0 aromatic heterocycles. The van der Waals surface area contributed by atoms with Gasteiger partial charge in [0.1, 0.15) is 11.7 Å². The molecule has 0 N–H and O–H groups in total. The van der Waals surface area contributed by atoms with Gasteiger partial charge in [0.2, 0.25) is 0 Å².